The van der Waals surface area contributed by atoms with Crippen molar-refractivity contribution in [3.63, 3.8) is 0 Å². The third kappa shape index (κ3) is 8.82. The molecular weight excluding hydrogens is 570 g/mol. The molecule has 1 saturated heterocycles. The summed E-state index contributed by atoms with van der Waals surface area (Å²) in [7, 11) is 5.90. The first-order chi connectivity index (χ1) is 21.0. The fraction of sp³-hybridized carbons (Fsp3) is 0.529. The van der Waals surface area contributed by atoms with Crippen molar-refractivity contribution in [2.24, 2.45) is 5.41 Å². The number of amides is 2. The minimum absolute atomic E-state index is 0.0572. The second-order valence-corrected chi connectivity index (χ2v) is 14.4. The van der Waals surface area contributed by atoms with E-state index in [9.17, 15) is 9.59 Å². The Morgan fingerprint density at radius 1 is 1.09 bits per heavy atom. The Morgan fingerprint density at radius 2 is 1.82 bits per heavy atom. The maximum absolute atomic E-state index is 13.7. The normalized spacial score (nSPS) is 15.8. The number of anilines is 1. The Kier molecular flexibility index (Phi) is 10.2. The molecule has 1 fully saturated rings. The van der Waals surface area contributed by atoms with Gasteiger partial charge in [-0.05, 0) is 67.6 Å². The topological polar surface area (TPSA) is 114 Å². The number of rotatable bonds is 9. The molecule has 0 aliphatic carbocycles. The third-order valence-corrected chi connectivity index (χ3v) is 8.01. The summed E-state index contributed by atoms with van der Waals surface area (Å²) in [6.07, 6.45) is 2.04. The number of ether oxygens (including phenoxy) is 2. The zero-order chi connectivity index (χ0) is 33.1. The van der Waals surface area contributed by atoms with Crippen LogP contribution in [0.5, 0.6) is 11.6 Å². The fourth-order valence-corrected chi connectivity index (χ4v) is 5.26. The van der Waals surface area contributed by atoms with Gasteiger partial charge in [0.15, 0.2) is 0 Å². The van der Waals surface area contributed by atoms with Crippen LogP contribution in [0.1, 0.15) is 75.0 Å². The molecule has 11 nitrogen and oxygen atoms in total. The van der Waals surface area contributed by atoms with Crippen LogP contribution in [0.4, 0.5) is 10.5 Å². The number of aryl methyl sites for hydroxylation is 1. The molecule has 0 spiro atoms. The van der Waals surface area contributed by atoms with Crippen LogP contribution < -0.4 is 20.1 Å². The Hall–Kier alpha value is -3.96. The van der Waals surface area contributed by atoms with Crippen LogP contribution in [0.25, 0.3) is 5.69 Å². The van der Waals surface area contributed by atoms with Crippen LogP contribution in [0.2, 0.25) is 0 Å². The van der Waals surface area contributed by atoms with Crippen LogP contribution in [-0.4, -0.2) is 83.7 Å². The lowest BCUT2D eigenvalue weighted by atomic mass is 9.85. The maximum atomic E-state index is 13.7. The molecule has 244 valence electrons. The van der Waals surface area contributed by atoms with E-state index in [1.807, 2.05) is 39.8 Å². The number of nitrogens with zero attached hydrogens (tertiary/aromatic N) is 5. The molecule has 0 bridgehead atoms. The van der Waals surface area contributed by atoms with Gasteiger partial charge in [0.1, 0.15) is 5.75 Å². The fourth-order valence-electron chi connectivity index (χ4n) is 5.26. The van der Waals surface area contributed by atoms with Crippen molar-refractivity contribution in [2.75, 3.05) is 46.2 Å². The molecule has 1 aliphatic rings. The van der Waals surface area contributed by atoms with Crippen LogP contribution in [0.15, 0.2) is 36.5 Å². The highest BCUT2D eigenvalue weighted by molar-refractivity contribution is 6.05. The van der Waals surface area contributed by atoms with E-state index >= 15 is 0 Å². The molecular formula is C34H49N7O4. The number of hydrogen-bond donors (Lipinski definition) is 2. The first-order valence-corrected chi connectivity index (χ1v) is 15.4. The molecule has 1 aliphatic heterocycles. The predicted octanol–water partition coefficient (Wildman–Crippen LogP) is 5.40. The van der Waals surface area contributed by atoms with Gasteiger partial charge in [0.2, 0.25) is 0 Å². The zero-order valence-electron chi connectivity index (χ0n) is 28.4. The van der Waals surface area contributed by atoms with E-state index in [0.29, 0.717) is 35.3 Å². The van der Waals surface area contributed by atoms with Crippen molar-refractivity contribution >= 4 is 17.7 Å². The Balaban J connectivity index is 1.57. The monoisotopic (exact) mass is 619 g/mol. The molecule has 0 unspecified atom stereocenters. The lowest BCUT2D eigenvalue weighted by Gasteiger charge is -2.26. The van der Waals surface area contributed by atoms with Crippen molar-refractivity contribution < 1.29 is 19.1 Å². The van der Waals surface area contributed by atoms with Crippen molar-refractivity contribution in [3.8, 4) is 17.3 Å². The molecule has 2 heterocycles. The molecule has 45 heavy (non-hydrogen) atoms. The van der Waals surface area contributed by atoms with Gasteiger partial charge in [-0.1, -0.05) is 64.0 Å². The predicted molar refractivity (Wildman–Crippen MR) is 177 cm³/mol. The van der Waals surface area contributed by atoms with Crippen molar-refractivity contribution in [2.45, 2.75) is 72.9 Å². The van der Waals surface area contributed by atoms with Crippen LogP contribution >= 0.6 is 0 Å². The first kappa shape index (κ1) is 33.9. The highest BCUT2D eigenvalue weighted by Gasteiger charge is 2.27. The van der Waals surface area contributed by atoms with Crippen molar-refractivity contribution in [3.05, 3.63) is 58.8 Å². The van der Waals surface area contributed by atoms with Gasteiger partial charge in [0, 0.05) is 43.3 Å². The van der Waals surface area contributed by atoms with E-state index in [0.717, 1.165) is 42.7 Å². The highest BCUT2D eigenvalue weighted by atomic mass is 16.6. The molecule has 1 atom stereocenters. The quantitative estimate of drug-likeness (QED) is 0.327. The molecule has 0 saturated carbocycles. The number of benzene rings is 2. The van der Waals surface area contributed by atoms with E-state index < -0.39 is 6.09 Å². The van der Waals surface area contributed by atoms with Gasteiger partial charge in [-0.25, -0.2) is 9.48 Å². The standard InChI is InChI=1S/C34H49N7O4/c1-22-11-12-23(16-28(22)41-20-29(37-38-41)45-32(43)35-21-33(2,3)4)31(42)36-27-17-25(34(5,6)7)15-24(30(27)44-10)18-40-14-13-26(19-40)39(8)9/h11-12,15-17,20,26H,13-14,18-19,21H2,1-10H3,(H,35,43)(H,36,42)/t26-/m0/s1. The number of methoxy groups -OCH3 is 1. The number of carbonyl (C=O) groups excluding carboxylic acids is 2. The average Bonchev–Trinajstić information content (AvgIpc) is 3.61. The van der Waals surface area contributed by atoms with Crippen molar-refractivity contribution in [1.82, 2.24) is 30.1 Å². The summed E-state index contributed by atoms with van der Waals surface area (Å²) in [5.41, 5.74) is 4.53. The summed E-state index contributed by atoms with van der Waals surface area (Å²) in [6.45, 7) is 17.6. The number of nitrogens with one attached hydrogen (secondary N) is 2. The van der Waals surface area contributed by atoms with Gasteiger partial charge in [0.05, 0.1) is 24.7 Å². The van der Waals surface area contributed by atoms with Gasteiger partial charge in [-0.3, -0.25) is 9.69 Å². The summed E-state index contributed by atoms with van der Waals surface area (Å²) >= 11 is 0. The number of aromatic nitrogens is 3. The minimum Gasteiger partial charge on any atom is -0.494 e. The lowest BCUT2D eigenvalue weighted by Crippen LogP contribution is -2.34. The SMILES string of the molecule is COc1c(CN2CC[C@H](N(C)C)C2)cc(C(C)(C)C)cc1NC(=O)c1ccc(C)c(-n2cc(OC(=O)NCC(C)(C)C)nn2)c1. The summed E-state index contributed by atoms with van der Waals surface area (Å²) in [5, 5.41) is 14.0. The molecule has 4 rings (SSSR count). The Bertz CT molecular complexity index is 1520. The smallest absolute Gasteiger partial charge is 0.414 e. The van der Waals surface area contributed by atoms with Gasteiger partial charge >= 0.3 is 6.09 Å². The second-order valence-electron chi connectivity index (χ2n) is 14.4. The summed E-state index contributed by atoms with van der Waals surface area (Å²) in [6, 6.07) is 10.1. The number of likely N-dealkylation sites (tertiary alicyclic amines) is 1. The molecule has 1 aromatic heterocycles. The largest absolute Gasteiger partial charge is 0.494 e. The lowest BCUT2D eigenvalue weighted by molar-refractivity contribution is 0.102. The number of carbonyl (C=O) groups is 2. The molecule has 2 amide bonds. The van der Waals surface area contributed by atoms with Gasteiger partial charge in [-0.2, -0.15) is 0 Å². The minimum atomic E-state index is -0.602. The summed E-state index contributed by atoms with van der Waals surface area (Å²) < 4.78 is 12.7. The third-order valence-electron chi connectivity index (χ3n) is 8.01. The average molecular weight is 620 g/mol. The van der Waals surface area contributed by atoms with Crippen LogP contribution in [0.3, 0.4) is 0 Å². The van der Waals surface area contributed by atoms with E-state index in [2.05, 4.69) is 71.7 Å². The molecule has 0 radical (unpaired) electrons. The zero-order valence-corrected chi connectivity index (χ0v) is 28.4. The van der Waals surface area contributed by atoms with Crippen LogP contribution in [0, 0.1) is 12.3 Å². The van der Waals surface area contributed by atoms with E-state index in [-0.39, 0.29) is 22.6 Å². The van der Waals surface area contributed by atoms with Gasteiger partial charge in [0.25, 0.3) is 11.8 Å². The van der Waals surface area contributed by atoms with E-state index in [1.54, 1.807) is 19.2 Å². The number of likely N-dealkylation sites (N-methyl/N-ethyl adjacent to an activating group) is 1. The molecule has 2 aromatic carbocycles. The summed E-state index contributed by atoms with van der Waals surface area (Å²) in [5.74, 6) is 0.445. The maximum Gasteiger partial charge on any atom is 0.414 e. The van der Waals surface area contributed by atoms with Gasteiger partial charge in [-0.15, -0.1) is 0 Å². The second kappa shape index (κ2) is 13.6. The van der Waals surface area contributed by atoms with Crippen molar-refractivity contribution in [1.29, 1.82) is 0 Å². The van der Waals surface area contributed by atoms with Crippen LogP contribution in [-0.2, 0) is 12.0 Å². The molecule has 11 heteroatoms. The highest BCUT2D eigenvalue weighted by Crippen LogP contribution is 2.37. The molecule has 2 N–H and O–H groups in total. The summed E-state index contributed by atoms with van der Waals surface area (Å²) in [4.78, 5) is 30.6. The number of hydrogen-bond acceptors (Lipinski definition) is 8. The van der Waals surface area contributed by atoms with E-state index in [1.165, 1.54) is 10.9 Å². The first-order valence-electron chi connectivity index (χ1n) is 15.4. The Morgan fingerprint density at radius 3 is 2.44 bits per heavy atom. The molecule has 3 aromatic rings. The van der Waals surface area contributed by atoms with E-state index in [4.69, 9.17) is 9.47 Å². The Labute approximate surface area is 267 Å². The van der Waals surface area contributed by atoms with Gasteiger partial charge < -0.3 is 25.0 Å².